The first-order valence-corrected chi connectivity index (χ1v) is 11.4. The highest BCUT2D eigenvalue weighted by molar-refractivity contribution is 7.89. The summed E-state index contributed by atoms with van der Waals surface area (Å²) in [6, 6.07) is 9.71. The summed E-state index contributed by atoms with van der Waals surface area (Å²) in [5, 5.41) is 3.87. The highest BCUT2D eigenvalue weighted by atomic mass is 35.5. The van der Waals surface area contributed by atoms with Crippen molar-refractivity contribution in [2.45, 2.75) is 30.7 Å². The van der Waals surface area contributed by atoms with Crippen LogP contribution < -0.4 is 5.32 Å². The van der Waals surface area contributed by atoms with Crippen LogP contribution in [0.4, 0.5) is 5.13 Å². The third kappa shape index (κ3) is 3.53. The van der Waals surface area contributed by atoms with Crippen LogP contribution >= 0.6 is 22.9 Å². The molecule has 0 bridgehead atoms. The molecule has 4 rings (SSSR count). The summed E-state index contributed by atoms with van der Waals surface area (Å²) in [6.45, 7) is 1.88. The summed E-state index contributed by atoms with van der Waals surface area (Å²) >= 11 is 7.48. The van der Waals surface area contributed by atoms with E-state index in [1.807, 2.05) is 13.0 Å². The van der Waals surface area contributed by atoms with Crippen molar-refractivity contribution in [3.05, 3.63) is 52.5 Å². The number of fused-ring (bicyclic) bond motifs is 1. The lowest BCUT2D eigenvalue weighted by Gasteiger charge is -2.16. The Morgan fingerprint density at radius 1 is 1.21 bits per heavy atom. The van der Waals surface area contributed by atoms with E-state index in [2.05, 4.69) is 10.3 Å². The fourth-order valence-corrected chi connectivity index (χ4v) is 5.39. The van der Waals surface area contributed by atoms with Gasteiger partial charge in [-0.15, -0.1) is 0 Å². The number of carbonyl (C=O) groups excluding carboxylic acids is 1. The van der Waals surface area contributed by atoms with Gasteiger partial charge in [-0.3, -0.25) is 10.1 Å². The second-order valence-electron chi connectivity index (χ2n) is 6.77. The highest BCUT2D eigenvalue weighted by Gasteiger charge is 2.35. The number of thiazole rings is 1. The zero-order chi connectivity index (χ0) is 20.1. The number of aromatic nitrogens is 1. The van der Waals surface area contributed by atoms with Crippen molar-refractivity contribution in [1.82, 2.24) is 9.29 Å². The van der Waals surface area contributed by atoms with Gasteiger partial charge in [0.25, 0.3) is 5.91 Å². The third-order valence-electron chi connectivity index (χ3n) is 4.82. The SMILES string of the molecule is Cc1c(Cl)ccc2sc(NC(=O)c3ccc(S(=O)(=O)N(C)C4CC4)cc3)nc12. The number of hydrogen-bond donors (Lipinski definition) is 1. The quantitative estimate of drug-likeness (QED) is 0.648. The van der Waals surface area contributed by atoms with Gasteiger partial charge in [0.15, 0.2) is 5.13 Å². The molecular formula is C19H18ClN3O3S2. The Morgan fingerprint density at radius 3 is 2.54 bits per heavy atom. The molecule has 3 aromatic rings. The van der Waals surface area contributed by atoms with Crippen LogP contribution in [0.3, 0.4) is 0 Å². The molecule has 0 atom stereocenters. The zero-order valence-corrected chi connectivity index (χ0v) is 17.7. The molecule has 0 aliphatic heterocycles. The van der Waals surface area contributed by atoms with Crippen molar-refractivity contribution in [3.63, 3.8) is 0 Å². The minimum atomic E-state index is -3.52. The van der Waals surface area contributed by atoms with E-state index < -0.39 is 10.0 Å². The van der Waals surface area contributed by atoms with Gasteiger partial charge in [-0.05, 0) is 61.7 Å². The maximum absolute atomic E-state index is 12.6. The average Bonchev–Trinajstić information content (AvgIpc) is 3.44. The summed E-state index contributed by atoms with van der Waals surface area (Å²) in [4.78, 5) is 17.2. The summed E-state index contributed by atoms with van der Waals surface area (Å²) in [5.74, 6) is -0.345. The van der Waals surface area contributed by atoms with Crippen molar-refractivity contribution in [2.75, 3.05) is 12.4 Å². The number of carbonyl (C=O) groups is 1. The maximum Gasteiger partial charge on any atom is 0.257 e. The largest absolute Gasteiger partial charge is 0.298 e. The van der Waals surface area contributed by atoms with Crippen molar-refractivity contribution in [3.8, 4) is 0 Å². The van der Waals surface area contributed by atoms with E-state index in [4.69, 9.17) is 11.6 Å². The number of hydrogen-bond acceptors (Lipinski definition) is 5. The van der Waals surface area contributed by atoms with E-state index in [9.17, 15) is 13.2 Å². The van der Waals surface area contributed by atoms with Crippen molar-refractivity contribution in [1.29, 1.82) is 0 Å². The van der Waals surface area contributed by atoms with Gasteiger partial charge >= 0.3 is 0 Å². The van der Waals surface area contributed by atoms with Gasteiger partial charge in [0.2, 0.25) is 10.0 Å². The molecule has 1 amide bonds. The molecule has 1 fully saturated rings. The number of amides is 1. The monoisotopic (exact) mass is 435 g/mol. The molecule has 1 heterocycles. The van der Waals surface area contributed by atoms with Crippen LogP contribution in [-0.4, -0.2) is 36.7 Å². The van der Waals surface area contributed by atoms with E-state index >= 15 is 0 Å². The number of halogens is 1. The summed E-state index contributed by atoms with van der Waals surface area (Å²) < 4.78 is 27.4. The van der Waals surface area contributed by atoms with E-state index in [0.717, 1.165) is 28.6 Å². The van der Waals surface area contributed by atoms with E-state index in [0.29, 0.717) is 15.7 Å². The van der Waals surface area contributed by atoms with Gasteiger partial charge in [0.1, 0.15) is 0 Å². The number of sulfonamides is 1. The molecule has 1 N–H and O–H groups in total. The minimum Gasteiger partial charge on any atom is -0.298 e. The first kappa shape index (κ1) is 19.3. The summed E-state index contributed by atoms with van der Waals surface area (Å²) in [5.41, 5.74) is 1.99. The first-order valence-electron chi connectivity index (χ1n) is 8.72. The molecule has 1 saturated carbocycles. The Bertz CT molecular complexity index is 1170. The Labute approximate surface area is 172 Å². The smallest absolute Gasteiger partial charge is 0.257 e. The third-order valence-corrected chi connectivity index (χ3v) is 8.09. The second kappa shape index (κ2) is 7.11. The number of anilines is 1. The van der Waals surface area contributed by atoms with E-state index in [-0.39, 0.29) is 16.8 Å². The lowest BCUT2D eigenvalue weighted by atomic mass is 10.2. The van der Waals surface area contributed by atoms with Gasteiger partial charge < -0.3 is 0 Å². The van der Waals surface area contributed by atoms with Crippen LogP contribution in [0.1, 0.15) is 28.8 Å². The lowest BCUT2D eigenvalue weighted by molar-refractivity contribution is 0.102. The molecule has 0 radical (unpaired) electrons. The van der Waals surface area contributed by atoms with Crippen molar-refractivity contribution in [2.24, 2.45) is 0 Å². The fraction of sp³-hybridized carbons (Fsp3) is 0.263. The molecule has 0 spiro atoms. The van der Waals surface area contributed by atoms with Crippen molar-refractivity contribution >= 4 is 54.2 Å². The van der Waals surface area contributed by atoms with Crippen LogP contribution in [0.25, 0.3) is 10.2 Å². The first-order chi connectivity index (χ1) is 13.3. The van der Waals surface area contributed by atoms with Gasteiger partial charge in [-0.1, -0.05) is 22.9 Å². The predicted molar refractivity (Wildman–Crippen MR) is 112 cm³/mol. The molecule has 1 aliphatic carbocycles. The van der Waals surface area contributed by atoms with Gasteiger partial charge in [0.05, 0.1) is 15.1 Å². The van der Waals surface area contributed by atoms with Gasteiger partial charge in [-0.25, -0.2) is 13.4 Å². The Hall–Kier alpha value is -2.00. The number of aryl methyl sites for hydroxylation is 1. The van der Waals surface area contributed by atoms with Crippen LogP contribution in [-0.2, 0) is 10.0 Å². The summed E-state index contributed by atoms with van der Waals surface area (Å²) in [7, 11) is -1.93. The van der Waals surface area contributed by atoms with E-state index in [1.54, 1.807) is 13.1 Å². The topological polar surface area (TPSA) is 79.4 Å². The zero-order valence-electron chi connectivity index (χ0n) is 15.3. The lowest BCUT2D eigenvalue weighted by Crippen LogP contribution is -2.29. The number of nitrogens with zero attached hydrogens (tertiary/aromatic N) is 2. The highest BCUT2D eigenvalue weighted by Crippen LogP contribution is 2.32. The molecular weight excluding hydrogens is 418 g/mol. The molecule has 146 valence electrons. The maximum atomic E-state index is 12.6. The molecule has 6 nitrogen and oxygen atoms in total. The average molecular weight is 436 g/mol. The Kier molecular flexibility index (Phi) is 4.91. The molecule has 1 aliphatic rings. The molecule has 0 unspecified atom stereocenters. The molecule has 28 heavy (non-hydrogen) atoms. The van der Waals surface area contributed by atoms with Crippen LogP contribution in [0.5, 0.6) is 0 Å². The Morgan fingerprint density at radius 2 is 1.89 bits per heavy atom. The predicted octanol–water partition coefficient (Wildman–Crippen LogP) is 4.29. The fourth-order valence-electron chi connectivity index (χ4n) is 2.90. The molecule has 9 heteroatoms. The standard InChI is InChI=1S/C19H18ClN3O3S2/c1-11-15(20)9-10-16-17(11)21-19(27-16)22-18(24)12-3-7-14(8-4-12)28(25,26)23(2)13-5-6-13/h3-4,7-10,13H,5-6H2,1-2H3,(H,21,22,24). The van der Waals surface area contributed by atoms with Crippen LogP contribution in [0.15, 0.2) is 41.3 Å². The van der Waals surface area contributed by atoms with Crippen LogP contribution in [0.2, 0.25) is 5.02 Å². The molecule has 0 saturated heterocycles. The van der Waals surface area contributed by atoms with Crippen molar-refractivity contribution < 1.29 is 13.2 Å². The molecule has 2 aromatic carbocycles. The Balaban J connectivity index is 1.53. The second-order valence-corrected chi connectivity index (χ2v) is 10.2. The van der Waals surface area contributed by atoms with Gasteiger partial charge in [-0.2, -0.15) is 4.31 Å². The number of rotatable bonds is 5. The van der Waals surface area contributed by atoms with Gasteiger partial charge in [0, 0.05) is 23.7 Å². The normalized spacial score (nSPS) is 14.6. The number of nitrogens with one attached hydrogen (secondary N) is 1. The number of benzene rings is 2. The molecule has 1 aromatic heterocycles. The van der Waals surface area contributed by atoms with E-state index in [1.165, 1.54) is 39.9 Å². The minimum absolute atomic E-state index is 0.0870. The summed E-state index contributed by atoms with van der Waals surface area (Å²) in [6.07, 6.45) is 1.78. The van der Waals surface area contributed by atoms with Crippen LogP contribution in [0, 0.1) is 6.92 Å².